The molecule has 0 saturated carbocycles. The van der Waals surface area contributed by atoms with E-state index in [0.29, 0.717) is 39.4 Å². The second-order valence-electron chi connectivity index (χ2n) is 5.92. The van der Waals surface area contributed by atoms with Crippen molar-refractivity contribution < 1.29 is 28.8 Å². The van der Waals surface area contributed by atoms with Gasteiger partial charge in [0, 0.05) is 11.5 Å². The van der Waals surface area contributed by atoms with Crippen LogP contribution in [0.15, 0.2) is 24.3 Å². The van der Waals surface area contributed by atoms with Crippen molar-refractivity contribution in [2.24, 2.45) is 0 Å². The number of carbonyl (C=O) groups excluding carboxylic acids is 1. The van der Waals surface area contributed by atoms with E-state index >= 15 is 0 Å². The average molecular weight is 388 g/mol. The summed E-state index contributed by atoms with van der Waals surface area (Å²) in [5, 5.41) is 10.6. The molecule has 4 rings (SSSR count). The summed E-state index contributed by atoms with van der Waals surface area (Å²) in [7, 11) is 2.85. The number of esters is 1. The number of carbonyl (C=O) groups is 1. The number of fused-ring (bicyclic) bond motifs is 2. The van der Waals surface area contributed by atoms with Crippen LogP contribution in [0.4, 0.5) is 0 Å². The maximum atomic E-state index is 12.1. The van der Waals surface area contributed by atoms with Gasteiger partial charge in [-0.05, 0) is 29.8 Å². The van der Waals surface area contributed by atoms with Crippen molar-refractivity contribution in [3.63, 3.8) is 0 Å². The molecule has 0 fully saturated rings. The first-order chi connectivity index (χ1) is 13.1. The van der Waals surface area contributed by atoms with Crippen molar-refractivity contribution >= 4 is 28.7 Å². The molecule has 1 aliphatic heterocycles. The molecule has 0 saturated heterocycles. The lowest BCUT2D eigenvalue weighted by molar-refractivity contribution is -0.140. The molecule has 140 valence electrons. The van der Waals surface area contributed by atoms with Crippen LogP contribution in [-0.2, 0) is 9.53 Å². The van der Waals surface area contributed by atoms with E-state index in [4.69, 9.17) is 18.9 Å². The third-order valence-electron chi connectivity index (χ3n) is 4.47. The normalized spacial score (nSPS) is 13.6. The Balaban J connectivity index is 1.91. The minimum Gasteiger partial charge on any atom is -0.508 e. The van der Waals surface area contributed by atoms with Crippen LogP contribution in [0.5, 0.6) is 23.0 Å². The summed E-state index contributed by atoms with van der Waals surface area (Å²) >= 11 is 1.04. The molecule has 0 bridgehead atoms. The molecule has 0 radical (unpaired) electrons. The number of phenols is 1. The molecule has 1 aliphatic rings. The molecule has 0 aliphatic carbocycles. The number of rotatable bonds is 5. The molecule has 1 aromatic heterocycles. The van der Waals surface area contributed by atoms with Crippen LogP contribution in [0.3, 0.4) is 0 Å². The molecule has 27 heavy (non-hydrogen) atoms. The van der Waals surface area contributed by atoms with E-state index in [9.17, 15) is 9.90 Å². The van der Waals surface area contributed by atoms with Crippen LogP contribution in [0, 0.1) is 0 Å². The van der Waals surface area contributed by atoms with Gasteiger partial charge in [0.1, 0.15) is 16.8 Å². The number of hydrogen-bond acceptors (Lipinski definition) is 9. The molecule has 2 aromatic carbocycles. The van der Waals surface area contributed by atoms with Gasteiger partial charge in [-0.1, -0.05) is 0 Å². The highest BCUT2D eigenvalue weighted by atomic mass is 32.1. The predicted octanol–water partition coefficient (Wildman–Crippen LogP) is 2.83. The monoisotopic (exact) mass is 388 g/mol. The van der Waals surface area contributed by atoms with Gasteiger partial charge in [-0.3, -0.25) is 4.79 Å². The van der Waals surface area contributed by atoms with Crippen LogP contribution in [0.25, 0.3) is 11.0 Å². The lowest BCUT2D eigenvalue weighted by atomic mass is 9.86. The van der Waals surface area contributed by atoms with Crippen molar-refractivity contribution in [1.82, 2.24) is 8.75 Å². The molecule has 0 unspecified atom stereocenters. The van der Waals surface area contributed by atoms with Crippen LogP contribution < -0.4 is 14.2 Å². The first-order valence-corrected chi connectivity index (χ1v) is 8.84. The maximum absolute atomic E-state index is 12.1. The van der Waals surface area contributed by atoms with Crippen molar-refractivity contribution in [3.05, 3.63) is 35.4 Å². The van der Waals surface area contributed by atoms with Gasteiger partial charge < -0.3 is 24.1 Å². The van der Waals surface area contributed by atoms with Crippen molar-refractivity contribution in [1.29, 1.82) is 0 Å². The van der Waals surface area contributed by atoms with Crippen molar-refractivity contribution in [3.8, 4) is 23.0 Å². The Bertz CT molecular complexity index is 1020. The molecule has 1 atom stereocenters. The zero-order valence-electron chi connectivity index (χ0n) is 14.6. The van der Waals surface area contributed by atoms with E-state index in [2.05, 4.69) is 8.75 Å². The molecule has 9 heteroatoms. The van der Waals surface area contributed by atoms with Crippen LogP contribution in [0.2, 0.25) is 0 Å². The number of hydrogen-bond donors (Lipinski definition) is 1. The summed E-state index contributed by atoms with van der Waals surface area (Å²) in [6, 6.07) is 6.77. The predicted molar refractivity (Wildman–Crippen MR) is 96.7 cm³/mol. The van der Waals surface area contributed by atoms with E-state index in [-0.39, 0.29) is 19.0 Å². The first kappa shape index (κ1) is 17.3. The molecule has 0 amide bonds. The van der Waals surface area contributed by atoms with Gasteiger partial charge in [0.15, 0.2) is 11.5 Å². The number of phenolic OH excluding ortho intramolecular Hbond substituents is 1. The molecule has 2 heterocycles. The lowest BCUT2D eigenvalue weighted by Crippen LogP contribution is -2.11. The maximum Gasteiger partial charge on any atom is 0.306 e. The van der Waals surface area contributed by atoms with Crippen molar-refractivity contribution in [2.75, 3.05) is 21.0 Å². The van der Waals surface area contributed by atoms with Crippen LogP contribution in [-0.4, -0.2) is 40.8 Å². The highest BCUT2D eigenvalue weighted by Gasteiger charge is 2.29. The van der Waals surface area contributed by atoms with E-state index in [0.717, 1.165) is 11.7 Å². The van der Waals surface area contributed by atoms with E-state index < -0.39 is 11.9 Å². The summed E-state index contributed by atoms with van der Waals surface area (Å²) in [5.41, 5.74) is 2.41. The Labute approximate surface area is 158 Å². The number of ether oxygens (including phenoxy) is 4. The number of benzene rings is 2. The summed E-state index contributed by atoms with van der Waals surface area (Å²) < 4.78 is 29.7. The van der Waals surface area contributed by atoms with Gasteiger partial charge >= 0.3 is 5.97 Å². The second-order valence-corrected chi connectivity index (χ2v) is 6.45. The summed E-state index contributed by atoms with van der Waals surface area (Å²) in [5.74, 6) is 0.585. The molecule has 1 N–H and O–H groups in total. The van der Waals surface area contributed by atoms with Gasteiger partial charge in [0.25, 0.3) is 0 Å². The fraction of sp³-hybridized carbons (Fsp3) is 0.278. The smallest absolute Gasteiger partial charge is 0.306 e. The zero-order chi connectivity index (χ0) is 19.0. The Morgan fingerprint density at radius 2 is 2.15 bits per heavy atom. The Morgan fingerprint density at radius 1 is 1.30 bits per heavy atom. The summed E-state index contributed by atoms with van der Waals surface area (Å²) in [6.45, 7) is 0.0909. The molecular formula is C18H16N2O6S. The SMILES string of the molecule is COC(=O)C[C@H](c1cc(OC)c2c(c1)OCO2)c1c(O)ccc2nsnc12. The number of methoxy groups -OCH3 is 2. The number of nitrogens with zero attached hydrogens (tertiary/aromatic N) is 2. The third-order valence-corrected chi connectivity index (χ3v) is 5.02. The minimum atomic E-state index is -0.534. The second kappa shape index (κ2) is 6.92. The van der Waals surface area contributed by atoms with Gasteiger partial charge in [-0.15, -0.1) is 0 Å². The highest BCUT2D eigenvalue weighted by Crippen LogP contribution is 2.46. The quantitative estimate of drug-likeness (QED) is 0.666. The zero-order valence-corrected chi connectivity index (χ0v) is 15.4. The Morgan fingerprint density at radius 3 is 2.93 bits per heavy atom. The standard InChI is InChI=1S/C18H16N2O6S/c1-23-13-5-9(6-14-18(13)26-8-25-14)10(7-15(22)24-2)16-12(21)4-3-11-17(16)20-27-19-11/h3-6,10,21H,7-8H2,1-2H3/t10-/m1/s1. The molecule has 8 nitrogen and oxygen atoms in total. The topological polar surface area (TPSA) is 100 Å². The van der Waals surface area contributed by atoms with E-state index in [1.807, 2.05) is 0 Å². The lowest BCUT2D eigenvalue weighted by Gasteiger charge is -2.19. The van der Waals surface area contributed by atoms with Gasteiger partial charge in [-0.2, -0.15) is 8.75 Å². The van der Waals surface area contributed by atoms with Gasteiger partial charge in [0.05, 0.1) is 32.4 Å². The molecular weight excluding hydrogens is 372 g/mol. The number of aromatic hydroxyl groups is 1. The van der Waals surface area contributed by atoms with Gasteiger partial charge in [0.2, 0.25) is 12.5 Å². The average Bonchev–Trinajstić information content (AvgIpc) is 3.34. The first-order valence-electron chi connectivity index (χ1n) is 8.10. The Hall–Kier alpha value is -3.07. The fourth-order valence-corrected chi connectivity index (χ4v) is 3.74. The van der Waals surface area contributed by atoms with E-state index in [1.54, 1.807) is 24.3 Å². The molecule has 3 aromatic rings. The van der Waals surface area contributed by atoms with Crippen LogP contribution in [0.1, 0.15) is 23.5 Å². The number of aromatic nitrogens is 2. The minimum absolute atomic E-state index is 0.00347. The largest absolute Gasteiger partial charge is 0.508 e. The van der Waals surface area contributed by atoms with Crippen LogP contribution >= 0.6 is 11.7 Å². The molecule has 0 spiro atoms. The van der Waals surface area contributed by atoms with E-state index in [1.165, 1.54) is 14.2 Å². The Kier molecular flexibility index (Phi) is 4.44. The highest BCUT2D eigenvalue weighted by molar-refractivity contribution is 7.00. The third kappa shape index (κ3) is 2.99. The fourth-order valence-electron chi connectivity index (χ4n) is 3.19. The summed E-state index contributed by atoms with van der Waals surface area (Å²) in [6.07, 6.45) is 0.00347. The van der Waals surface area contributed by atoms with Gasteiger partial charge in [-0.25, -0.2) is 0 Å². The van der Waals surface area contributed by atoms with Crippen molar-refractivity contribution in [2.45, 2.75) is 12.3 Å². The summed E-state index contributed by atoms with van der Waals surface area (Å²) in [4.78, 5) is 12.1.